The Morgan fingerprint density at radius 3 is 2.66 bits per heavy atom. The van der Waals surface area contributed by atoms with Crippen LogP contribution in [0.3, 0.4) is 0 Å². The summed E-state index contributed by atoms with van der Waals surface area (Å²) in [6.45, 7) is 6.69. The third-order valence-corrected chi connectivity index (χ3v) is 5.11. The van der Waals surface area contributed by atoms with Gasteiger partial charge in [-0.3, -0.25) is 10.6 Å². The van der Waals surface area contributed by atoms with E-state index in [1.54, 1.807) is 64.1 Å². The number of carbonyl (C=O) groups excluding carboxylic acids is 1. The van der Waals surface area contributed by atoms with Crippen molar-refractivity contribution in [2.75, 3.05) is 5.43 Å². The summed E-state index contributed by atoms with van der Waals surface area (Å²) in [7, 11) is 0. The van der Waals surface area contributed by atoms with Crippen LogP contribution in [-0.4, -0.2) is 26.0 Å². The molecule has 7 nitrogen and oxygen atoms in total. The molecule has 0 aliphatic rings. The molecule has 32 heavy (non-hydrogen) atoms. The highest BCUT2D eigenvalue weighted by molar-refractivity contribution is 7.97. The Labute approximate surface area is 188 Å². The topological polar surface area (TPSA) is 90.5 Å². The van der Waals surface area contributed by atoms with E-state index in [1.807, 2.05) is 6.07 Å². The molecule has 2 aromatic carbocycles. The number of nitriles is 1. The van der Waals surface area contributed by atoms with Crippen LogP contribution in [0, 0.1) is 18.3 Å². The fraction of sp³-hybridized carbons (Fsp3) is 0.273. The number of anilines is 1. The molecule has 0 amide bonds. The van der Waals surface area contributed by atoms with E-state index in [0.717, 1.165) is 22.7 Å². The first kappa shape index (κ1) is 23.5. The summed E-state index contributed by atoms with van der Waals surface area (Å²) in [6.07, 6.45) is -2.57. The molecule has 0 unspecified atom stereocenters. The molecule has 0 aliphatic carbocycles. The average molecular weight is 461 g/mol. The maximum atomic E-state index is 13.8. The van der Waals surface area contributed by atoms with E-state index in [1.165, 1.54) is 0 Å². The van der Waals surface area contributed by atoms with Crippen molar-refractivity contribution in [1.29, 1.82) is 5.26 Å². The Kier molecular flexibility index (Phi) is 6.74. The van der Waals surface area contributed by atoms with E-state index in [-0.39, 0.29) is 22.2 Å². The Morgan fingerprint density at radius 2 is 2.03 bits per heavy atom. The third-order valence-electron chi connectivity index (χ3n) is 4.38. The monoisotopic (exact) mass is 460 g/mol. The van der Waals surface area contributed by atoms with Crippen LogP contribution < -0.4 is 5.43 Å². The van der Waals surface area contributed by atoms with Gasteiger partial charge in [0.15, 0.2) is 0 Å². The number of ether oxygens (including phenoxy) is 1. The molecule has 0 aliphatic heterocycles. The van der Waals surface area contributed by atoms with Crippen molar-refractivity contribution in [1.82, 2.24) is 9.14 Å². The molecule has 0 bridgehead atoms. The Hall–Kier alpha value is -3.13. The molecular weight excluding hydrogens is 438 g/mol. The molecule has 0 spiro atoms. The van der Waals surface area contributed by atoms with Crippen molar-refractivity contribution in [3.05, 3.63) is 59.3 Å². The van der Waals surface area contributed by atoms with Crippen LogP contribution in [0.25, 0.3) is 10.9 Å². The van der Waals surface area contributed by atoms with E-state index in [2.05, 4.69) is 5.43 Å². The molecule has 0 radical (unpaired) electrons. The SMILES string of the molecule is Cc1ccc(NN(O)Sc2cccc(C#N)c2)c2c1c(C(F)F)cn2C(=O)OC(C)(C)C. The molecule has 168 valence electrons. The maximum Gasteiger partial charge on any atom is 0.419 e. The summed E-state index contributed by atoms with van der Waals surface area (Å²) in [5.74, 6) is 0. The van der Waals surface area contributed by atoms with E-state index in [9.17, 15) is 18.8 Å². The summed E-state index contributed by atoms with van der Waals surface area (Å²) in [4.78, 5) is 13.3. The van der Waals surface area contributed by atoms with Crippen molar-refractivity contribution >= 4 is 34.6 Å². The smallest absolute Gasteiger partial charge is 0.419 e. The first-order chi connectivity index (χ1) is 15.0. The number of hydrogen-bond acceptors (Lipinski definition) is 7. The lowest BCUT2D eigenvalue weighted by atomic mass is 10.1. The number of aryl methyl sites for hydroxylation is 1. The lowest BCUT2D eigenvalue weighted by molar-refractivity contribution is 0.0437. The van der Waals surface area contributed by atoms with Gasteiger partial charge in [0.1, 0.15) is 5.60 Å². The molecule has 0 saturated carbocycles. The van der Waals surface area contributed by atoms with Crippen molar-refractivity contribution in [3.8, 4) is 6.07 Å². The Morgan fingerprint density at radius 1 is 1.31 bits per heavy atom. The first-order valence-corrected chi connectivity index (χ1v) is 10.4. The molecule has 1 heterocycles. The largest absolute Gasteiger partial charge is 0.443 e. The van der Waals surface area contributed by atoms with Gasteiger partial charge in [0.05, 0.1) is 22.8 Å². The number of hydrazine groups is 1. The lowest BCUT2D eigenvalue weighted by Crippen LogP contribution is -2.27. The fourth-order valence-corrected chi connectivity index (χ4v) is 3.80. The molecular formula is C22H22F2N4O3S. The van der Waals surface area contributed by atoms with Crippen molar-refractivity contribution in [2.24, 2.45) is 0 Å². The molecule has 3 rings (SSSR count). The highest BCUT2D eigenvalue weighted by Crippen LogP contribution is 2.37. The van der Waals surface area contributed by atoms with Crippen LogP contribution in [0.4, 0.5) is 19.3 Å². The van der Waals surface area contributed by atoms with E-state index in [4.69, 9.17) is 10.00 Å². The molecule has 0 saturated heterocycles. The third kappa shape index (κ3) is 5.19. The van der Waals surface area contributed by atoms with Gasteiger partial charge in [0.25, 0.3) is 6.43 Å². The number of hydrogen-bond donors (Lipinski definition) is 2. The second kappa shape index (κ2) is 9.16. The zero-order chi connectivity index (χ0) is 23.6. The quantitative estimate of drug-likeness (QED) is 0.343. The molecule has 0 fully saturated rings. The standard InChI is InChI=1S/C22H22F2N4O3S/c1-13-8-9-17(26-28(30)32-15-7-5-6-14(10-15)11-25)19-18(13)16(20(23)24)12-27(19)21(29)31-22(2,3)4/h5-10,12,20,26,30H,1-4H3. The summed E-state index contributed by atoms with van der Waals surface area (Å²) in [5.41, 5.74) is 2.89. The predicted molar refractivity (Wildman–Crippen MR) is 118 cm³/mol. The van der Waals surface area contributed by atoms with Gasteiger partial charge in [-0.2, -0.15) is 5.26 Å². The summed E-state index contributed by atoms with van der Waals surface area (Å²) in [5, 5.41) is 19.6. The van der Waals surface area contributed by atoms with Crippen molar-refractivity contribution < 1.29 is 23.5 Å². The molecule has 0 atom stereocenters. The zero-order valence-electron chi connectivity index (χ0n) is 17.9. The summed E-state index contributed by atoms with van der Waals surface area (Å²) in [6, 6.07) is 11.8. The second-order valence-electron chi connectivity index (χ2n) is 8.00. The highest BCUT2D eigenvalue weighted by Gasteiger charge is 2.26. The highest BCUT2D eigenvalue weighted by atomic mass is 32.2. The zero-order valence-corrected chi connectivity index (χ0v) is 18.7. The lowest BCUT2D eigenvalue weighted by Gasteiger charge is -2.21. The summed E-state index contributed by atoms with van der Waals surface area (Å²) >= 11 is 0.871. The Bertz CT molecular complexity index is 1200. The molecule has 2 N–H and O–H groups in total. The van der Waals surface area contributed by atoms with Gasteiger partial charge in [-0.25, -0.2) is 18.1 Å². The number of benzene rings is 2. The van der Waals surface area contributed by atoms with Crippen LogP contribution >= 0.6 is 11.9 Å². The minimum atomic E-state index is -2.82. The molecule has 1 aromatic heterocycles. The van der Waals surface area contributed by atoms with E-state index >= 15 is 0 Å². The van der Waals surface area contributed by atoms with Gasteiger partial charge >= 0.3 is 6.09 Å². The number of alkyl halides is 2. The van der Waals surface area contributed by atoms with Gasteiger partial charge in [0, 0.05) is 34.0 Å². The Balaban J connectivity index is 2.03. The number of carbonyl (C=O) groups is 1. The van der Waals surface area contributed by atoms with Crippen LogP contribution in [0.2, 0.25) is 0 Å². The van der Waals surface area contributed by atoms with Crippen LogP contribution in [0.15, 0.2) is 47.5 Å². The van der Waals surface area contributed by atoms with Crippen molar-refractivity contribution in [3.63, 3.8) is 0 Å². The molecule has 10 heteroatoms. The van der Waals surface area contributed by atoms with E-state index in [0.29, 0.717) is 20.6 Å². The minimum absolute atomic E-state index is 0.153. The summed E-state index contributed by atoms with van der Waals surface area (Å²) < 4.78 is 34.6. The number of fused-ring (bicyclic) bond motifs is 1. The van der Waals surface area contributed by atoms with Gasteiger partial charge in [0.2, 0.25) is 0 Å². The first-order valence-electron chi connectivity index (χ1n) is 9.60. The van der Waals surface area contributed by atoms with Crippen molar-refractivity contribution in [2.45, 2.75) is 44.6 Å². The van der Waals surface area contributed by atoms with Gasteiger partial charge in [-0.15, -0.1) is 0 Å². The average Bonchev–Trinajstić information content (AvgIpc) is 3.11. The number of halogens is 2. The predicted octanol–water partition coefficient (Wildman–Crippen LogP) is 6.27. The van der Waals surface area contributed by atoms with Gasteiger partial charge < -0.3 is 4.74 Å². The van der Waals surface area contributed by atoms with Crippen LogP contribution in [-0.2, 0) is 4.74 Å². The maximum absolute atomic E-state index is 13.8. The number of aromatic nitrogens is 1. The minimum Gasteiger partial charge on any atom is -0.443 e. The second-order valence-corrected chi connectivity index (χ2v) is 9.00. The number of nitrogens with one attached hydrogen (secondary N) is 1. The van der Waals surface area contributed by atoms with Crippen LogP contribution in [0.5, 0.6) is 0 Å². The van der Waals surface area contributed by atoms with Gasteiger partial charge in [-0.05, 0) is 62.1 Å². The van der Waals surface area contributed by atoms with Crippen LogP contribution in [0.1, 0.15) is 43.9 Å². The molecule has 3 aromatic rings. The fourth-order valence-electron chi connectivity index (χ4n) is 3.13. The normalized spacial score (nSPS) is 11.8. The van der Waals surface area contributed by atoms with E-state index < -0.39 is 18.1 Å². The number of nitrogens with zero attached hydrogens (tertiary/aromatic N) is 3. The van der Waals surface area contributed by atoms with Gasteiger partial charge in [-0.1, -0.05) is 12.1 Å². The number of rotatable bonds is 5.